The molecule has 16 nitrogen and oxygen atoms in total. The first-order valence-corrected chi connectivity index (χ1v) is 16.5. The van der Waals surface area contributed by atoms with Gasteiger partial charge in [-0.15, -0.1) is 0 Å². The number of ether oxygens (including phenoxy) is 2. The molecule has 3 aromatic rings. The number of carbonyl (C=O) groups excluding carboxylic acids is 1. The van der Waals surface area contributed by atoms with Gasteiger partial charge in [0.1, 0.15) is 31.1 Å². The third-order valence-corrected chi connectivity index (χ3v) is 8.36. The van der Waals surface area contributed by atoms with Crippen LogP contribution >= 0.6 is 0 Å². The lowest BCUT2D eigenvalue weighted by Crippen LogP contribution is -2.28. The van der Waals surface area contributed by atoms with Crippen LogP contribution in [-0.2, 0) is 9.47 Å². The number of nitro groups is 2. The van der Waals surface area contributed by atoms with Crippen LogP contribution in [0.2, 0.25) is 0 Å². The van der Waals surface area contributed by atoms with Crippen molar-refractivity contribution in [3.63, 3.8) is 0 Å². The summed E-state index contributed by atoms with van der Waals surface area (Å²) in [5.74, 6) is -1.06. The van der Waals surface area contributed by atoms with Crippen LogP contribution < -0.4 is 25.5 Å². The van der Waals surface area contributed by atoms with Crippen molar-refractivity contribution in [1.82, 2.24) is 9.89 Å². The minimum atomic E-state index is -1.18. The van der Waals surface area contributed by atoms with E-state index in [-0.39, 0.29) is 62.0 Å². The topological polar surface area (TPSA) is 203 Å². The second-order valence-corrected chi connectivity index (χ2v) is 12.3. The van der Waals surface area contributed by atoms with Crippen LogP contribution in [0.15, 0.2) is 77.2 Å². The molecule has 1 amide bonds. The fourth-order valence-corrected chi connectivity index (χ4v) is 5.65. The number of fused-ring (bicyclic) bond motifs is 2. The van der Waals surface area contributed by atoms with E-state index in [1.165, 1.54) is 18.2 Å². The Morgan fingerprint density at radius 1 is 0.830 bits per heavy atom. The quantitative estimate of drug-likeness (QED) is 0.0417. The molecule has 1 aliphatic heterocycles. The second-order valence-electron chi connectivity index (χ2n) is 12.3. The Hall–Kier alpha value is -6.39. The van der Waals surface area contributed by atoms with Crippen LogP contribution in [-0.4, -0.2) is 94.5 Å². The number of amides is 1. The van der Waals surface area contributed by atoms with Crippen molar-refractivity contribution in [2.45, 2.75) is 0 Å². The zero-order valence-corrected chi connectivity index (χ0v) is 29.6. The molecular formula is C37H39N6O10+. The molecule has 0 spiro atoms. The van der Waals surface area contributed by atoms with Gasteiger partial charge in [-0.05, 0) is 42.0 Å². The number of carboxylic acid groups (broad SMARTS) is 1. The second kappa shape index (κ2) is 16.8. The molecule has 3 aromatic carbocycles. The molecule has 53 heavy (non-hydrogen) atoms. The first-order chi connectivity index (χ1) is 25.3. The number of aromatic carboxylic acids is 1. The van der Waals surface area contributed by atoms with E-state index in [4.69, 9.17) is 13.9 Å². The number of anilines is 2. The number of nitro benzene ring substituents is 2. The predicted octanol–water partition coefficient (Wildman–Crippen LogP) is 4.69. The summed E-state index contributed by atoms with van der Waals surface area (Å²) in [6.45, 7) is 1.15. The standard InChI is InChI=1S/C37H38N6O10/c1-40(2)24-6-10-28-33(21-24)53-34-22-25(41(3)4)7-11-29(34)35(28)27-9-5-23(19-30(27)37(45)46)36(44)39-14-16-52-18-17-51-15-13-38-31-12-8-26(42(47)48)20-32(31)43(49)50/h5-12,19-22,38H,13-18H2,1-4H3,(H-,39,44,45,46)/p+1. The molecule has 3 N–H and O–H groups in total. The zero-order valence-electron chi connectivity index (χ0n) is 29.6. The third-order valence-electron chi connectivity index (χ3n) is 8.36. The summed E-state index contributed by atoms with van der Waals surface area (Å²) in [5, 5.41) is 39.7. The number of rotatable bonds is 16. The SMILES string of the molecule is CN(C)c1ccc2c(-c3ccc(C(=O)NCCOCCOCCNc4ccc([N+](=O)[O-])cc4[N+](=O)[O-])cc3C(=O)O)c3ccc(=[N+](C)C)cc-3oc2c1. The van der Waals surface area contributed by atoms with Gasteiger partial charge < -0.3 is 34.5 Å². The maximum atomic E-state index is 13.0. The molecule has 1 heterocycles. The van der Waals surface area contributed by atoms with E-state index in [0.29, 0.717) is 22.5 Å². The molecule has 0 unspecified atom stereocenters. The van der Waals surface area contributed by atoms with Gasteiger partial charge in [-0.25, -0.2) is 9.37 Å². The van der Waals surface area contributed by atoms with E-state index < -0.39 is 27.4 Å². The highest BCUT2D eigenvalue weighted by molar-refractivity contribution is 6.09. The van der Waals surface area contributed by atoms with Crippen molar-refractivity contribution < 1.29 is 38.4 Å². The van der Waals surface area contributed by atoms with Crippen molar-refractivity contribution in [2.75, 3.05) is 77.9 Å². The van der Waals surface area contributed by atoms with Gasteiger partial charge in [0, 0.05) is 73.1 Å². The maximum Gasteiger partial charge on any atom is 0.336 e. The van der Waals surface area contributed by atoms with Gasteiger partial charge in [-0.3, -0.25) is 25.0 Å². The number of non-ortho nitro benzene ring substituents is 1. The van der Waals surface area contributed by atoms with Gasteiger partial charge in [-0.1, -0.05) is 6.07 Å². The highest BCUT2D eigenvalue weighted by Crippen LogP contribution is 2.42. The smallest absolute Gasteiger partial charge is 0.336 e. The molecule has 5 rings (SSSR count). The minimum absolute atomic E-state index is 0.0362. The number of benzene rings is 4. The van der Waals surface area contributed by atoms with Crippen molar-refractivity contribution in [2.24, 2.45) is 0 Å². The number of hydrogen-bond donors (Lipinski definition) is 3. The molecule has 0 radical (unpaired) electrons. The van der Waals surface area contributed by atoms with E-state index in [1.54, 1.807) is 12.1 Å². The third kappa shape index (κ3) is 8.92. The van der Waals surface area contributed by atoms with Crippen molar-refractivity contribution in [3.8, 4) is 22.5 Å². The Bertz CT molecular complexity index is 2230. The average molecular weight is 728 g/mol. The number of nitrogens with zero attached hydrogens (tertiary/aromatic N) is 4. The first-order valence-electron chi connectivity index (χ1n) is 16.5. The van der Waals surface area contributed by atoms with Crippen molar-refractivity contribution >= 4 is 45.6 Å². The Labute approximate surface area is 303 Å². The molecule has 0 saturated heterocycles. The Balaban J connectivity index is 1.19. The van der Waals surface area contributed by atoms with Crippen LogP contribution in [0.3, 0.4) is 0 Å². The van der Waals surface area contributed by atoms with Gasteiger partial charge in [0.15, 0.2) is 0 Å². The van der Waals surface area contributed by atoms with Gasteiger partial charge in [0.2, 0.25) is 5.36 Å². The maximum absolute atomic E-state index is 13.0. The fourth-order valence-electron chi connectivity index (χ4n) is 5.65. The molecule has 1 aliphatic carbocycles. The molecule has 0 saturated carbocycles. The van der Waals surface area contributed by atoms with Crippen LogP contribution in [0.5, 0.6) is 0 Å². The van der Waals surface area contributed by atoms with E-state index in [2.05, 4.69) is 10.6 Å². The Kier molecular flexibility index (Phi) is 12.0. The lowest BCUT2D eigenvalue weighted by molar-refractivity contribution is -0.393. The number of nitrogens with one attached hydrogen (secondary N) is 2. The lowest BCUT2D eigenvalue weighted by Gasteiger charge is -2.19. The normalized spacial score (nSPS) is 11.0. The monoisotopic (exact) mass is 727 g/mol. The van der Waals surface area contributed by atoms with Gasteiger partial charge >= 0.3 is 5.97 Å². The number of hydrogen-bond acceptors (Lipinski definition) is 11. The summed E-state index contributed by atoms with van der Waals surface area (Å²) >= 11 is 0. The molecule has 2 aliphatic rings. The van der Waals surface area contributed by atoms with Crippen LogP contribution in [0, 0.1) is 20.2 Å². The molecule has 0 bridgehead atoms. The predicted molar refractivity (Wildman–Crippen MR) is 199 cm³/mol. The molecule has 0 fully saturated rings. The van der Waals surface area contributed by atoms with Crippen LogP contribution in [0.1, 0.15) is 20.7 Å². The molecule has 276 valence electrons. The van der Waals surface area contributed by atoms with E-state index in [1.807, 2.05) is 74.1 Å². The highest BCUT2D eigenvalue weighted by Gasteiger charge is 2.24. The summed E-state index contributed by atoms with van der Waals surface area (Å²) in [5.41, 5.74) is 2.84. The van der Waals surface area contributed by atoms with E-state index in [9.17, 15) is 34.9 Å². The Morgan fingerprint density at radius 3 is 2.21 bits per heavy atom. The van der Waals surface area contributed by atoms with Crippen molar-refractivity contribution in [3.05, 3.63) is 110 Å². The van der Waals surface area contributed by atoms with E-state index in [0.717, 1.165) is 28.1 Å². The average Bonchev–Trinajstić information content (AvgIpc) is 3.13. The largest absolute Gasteiger partial charge is 0.478 e. The minimum Gasteiger partial charge on any atom is -0.478 e. The van der Waals surface area contributed by atoms with Crippen LogP contribution in [0.25, 0.3) is 33.4 Å². The van der Waals surface area contributed by atoms with Gasteiger partial charge in [-0.2, -0.15) is 0 Å². The fraction of sp³-hybridized carbons (Fsp3) is 0.270. The molecule has 0 atom stereocenters. The zero-order chi connectivity index (χ0) is 38.2. The molecular weight excluding hydrogens is 688 g/mol. The summed E-state index contributed by atoms with van der Waals surface area (Å²) in [7, 11) is 7.70. The van der Waals surface area contributed by atoms with E-state index >= 15 is 0 Å². The summed E-state index contributed by atoms with van der Waals surface area (Å²) in [6.07, 6.45) is 0. The van der Waals surface area contributed by atoms with Gasteiger partial charge in [0.05, 0.1) is 54.0 Å². The van der Waals surface area contributed by atoms with Crippen LogP contribution in [0.4, 0.5) is 22.7 Å². The highest BCUT2D eigenvalue weighted by atomic mass is 16.6. The lowest BCUT2D eigenvalue weighted by atomic mass is 9.89. The number of carbonyl (C=O) groups is 2. The Morgan fingerprint density at radius 2 is 1.55 bits per heavy atom. The summed E-state index contributed by atoms with van der Waals surface area (Å²) in [6, 6.07) is 19.5. The summed E-state index contributed by atoms with van der Waals surface area (Å²) in [4.78, 5) is 48.4. The summed E-state index contributed by atoms with van der Waals surface area (Å²) < 4.78 is 19.3. The van der Waals surface area contributed by atoms with Crippen molar-refractivity contribution in [1.29, 1.82) is 0 Å². The molecule has 0 aromatic heterocycles. The first kappa shape index (κ1) is 37.9. The number of carboxylic acids is 1. The molecule has 16 heteroatoms. The van der Waals surface area contributed by atoms with Gasteiger partial charge in [0.25, 0.3) is 17.3 Å².